The molecule has 4 rings (SSSR count). The quantitative estimate of drug-likeness (QED) is 0.761. The Morgan fingerprint density at radius 1 is 1.18 bits per heavy atom. The van der Waals surface area contributed by atoms with Gasteiger partial charge in [-0.05, 0) is 62.6 Å². The summed E-state index contributed by atoms with van der Waals surface area (Å²) >= 11 is 1.77. The van der Waals surface area contributed by atoms with Gasteiger partial charge in [-0.2, -0.15) is 0 Å². The lowest BCUT2D eigenvalue weighted by Crippen LogP contribution is -2.49. The Morgan fingerprint density at radius 3 is 2.54 bits per heavy atom. The first-order valence-electron chi connectivity index (χ1n) is 10.2. The summed E-state index contributed by atoms with van der Waals surface area (Å²) in [5, 5.41) is 2.12. The van der Waals surface area contributed by atoms with Crippen LogP contribution in [0.2, 0.25) is 0 Å². The normalized spacial score (nSPS) is 18.9. The number of aryl methyl sites for hydroxylation is 1. The number of rotatable bonds is 5. The molecule has 1 unspecified atom stereocenters. The highest BCUT2D eigenvalue weighted by Gasteiger charge is 2.38. The smallest absolute Gasteiger partial charge is 0.243 e. The standard InChI is InChI=1S/C23H28N2O2S/c1-15(2)25(23(27)18-8-9-18)14-21(26)24-12-10-20-19(11-13-28-20)22(24)17-6-4-16(3)5-7-17/h4-7,11,13,15,18,22H,8-10,12,14H2,1-3H3. The van der Waals surface area contributed by atoms with E-state index in [4.69, 9.17) is 0 Å². The molecule has 0 radical (unpaired) electrons. The maximum Gasteiger partial charge on any atom is 0.243 e. The first kappa shape index (κ1) is 19.2. The van der Waals surface area contributed by atoms with Crippen molar-refractivity contribution in [2.75, 3.05) is 13.1 Å². The Bertz CT molecular complexity index is 867. The molecule has 1 atom stereocenters. The van der Waals surface area contributed by atoms with Crippen LogP contribution < -0.4 is 0 Å². The van der Waals surface area contributed by atoms with Gasteiger partial charge in [0.15, 0.2) is 0 Å². The first-order valence-corrected chi connectivity index (χ1v) is 11.1. The monoisotopic (exact) mass is 396 g/mol. The molecule has 2 aromatic rings. The second kappa shape index (κ2) is 7.70. The first-order chi connectivity index (χ1) is 13.5. The van der Waals surface area contributed by atoms with Crippen LogP contribution in [-0.4, -0.2) is 40.7 Å². The molecule has 2 heterocycles. The molecule has 0 spiro atoms. The van der Waals surface area contributed by atoms with Crippen LogP contribution in [0.25, 0.3) is 0 Å². The molecule has 2 amide bonds. The van der Waals surface area contributed by atoms with E-state index < -0.39 is 0 Å². The van der Waals surface area contributed by atoms with Crippen LogP contribution in [0.3, 0.4) is 0 Å². The van der Waals surface area contributed by atoms with Crippen molar-refractivity contribution < 1.29 is 9.59 Å². The average Bonchev–Trinajstić information content (AvgIpc) is 3.42. The van der Waals surface area contributed by atoms with E-state index in [0.717, 1.165) is 24.8 Å². The summed E-state index contributed by atoms with van der Waals surface area (Å²) in [5.74, 6) is 0.321. The number of hydrogen-bond donors (Lipinski definition) is 0. The fourth-order valence-electron chi connectivity index (χ4n) is 4.01. The Morgan fingerprint density at radius 2 is 1.89 bits per heavy atom. The molecule has 1 fully saturated rings. The van der Waals surface area contributed by atoms with Gasteiger partial charge < -0.3 is 9.80 Å². The van der Waals surface area contributed by atoms with Crippen molar-refractivity contribution in [3.05, 3.63) is 57.3 Å². The molecule has 1 aliphatic heterocycles. The summed E-state index contributed by atoms with van der Waals surface area (Å²) < 4.78 is 0. The number of hydrogen-bond acceptors (Lipinski definition) is 3. The minimum absolute atomic E-state index is 0.0383. The maximum absolute atomic E-state index is 13.4. The minimum atomic E-state index is -0.0619. The number of nitrogens with zero attached hydrogens (tertiary/aromatic N) is 2. The van der Waals surface area contributed by atoms with Gasteiger partial charge in [0.25, 0.3) is 0 Å². The van der Waals surface area contributed by atoms with E-state index in [1.165, 1.54) is 16.0 Å². The van der Waals surface area contributed by atoms with Gasteiger partial charge in [0.05, 0.1) is 6.04 Å². The van der Waals surface area contributed by atoms with Crippen LogP contribution in [0.5, 0.6) is 0 Å². The number of carbonyl (C=O) groups is 2. The Hall–Kier alpha value is -2.14. The van der Waals surface area contributed by atoms with Crippen molar-refractivity contribution in [2.24, 2.45) is 5.92 Å². The molecule has 2 aliphatic rings. The third-order valence-corrected chi connectivity index (χ3v) is 6.81. The number of amides is 2. The number of fused-ring (bicyclic) bond motifs is 1. The van der Waals surface area contributed by atoms with Crippen LogP contribution >= 0.6 is 11.3 Å². The second-order valence-electron chi connectivity index (χ2n) is 8.28. The molecule has 0 saturated heterocycles. The maximum atomic E-state index is 13.4. The van der Waals surface area contributed by atoms with Crippen molar-refractivity contribution >= 4 is 23.2 Å². The number of thiophene rings is 1. The zero-order valence-electron chi connectivity index (χ0n) is 16.9. The fourth-order valence-corrected chi connectivity index (χ4v) is 4.91. The van der Waals surface area contributed by atoms with E-state index in [-0.39, 0.29) is 36.4 Å². The number of benzene rings is 1. The molecule has 1 saturated carbocycles. The molecule has 28 heavy (non-hydrogen) atoms. The molecule has 0 bridgehead atoms. The van der Waals surface area contributed by atoms with Gasteiger partial charge in [-0.15, -0.1) is 11.3 Å². The van der Waals surface area contributed by atoms with Gasteiger partial charge in [-0.3, -0.25) is 9.59 Å². The lowest BCUT2D eigenvalue weighted by atomic mass is 9.92. The summed E-state index contributed by atoms with van der Waals surface area (Å²) in [4.78, 5) is 31.2. The van der Waals surface area contributed by atoms with E-state index in [1.807, 2.05) is 18.7 Å². The van der Waals surface area contributed by atoms with Gasteiger partial charge in [0.1, 0.15) is 6.54 Å². The number of carbonyl (C=O) groups excluding carboxylic acids is 2. The Labute approximate surface area is 171 Å². The highest BCUT2D eigenvalue weighted by molar-refractivity contribution is 7.10. The Kier molecular flexibility index (Phi) is 5.28. The topological polar surface area (TPSA) is 40.6 Å². The summed E-state index contributed by atoms with van der Waals surface area (Å²) in [7, 11) is 0. The van der Waals surface area contributed by atoms with Gasteiger partial charge in [0, 0.05) is 23.4 Å². The van der Waals surface area contributed by atoms with Crippen molar-refractivity contribution in [1.29, 1.82) is 0 Å². The van der Waals surface area contributed by atoms with Crippen LogP contribution in [0.1, 0.15) is 54.3 Å². The van der Waals surface area contributed by atoms with E-state index in [9.17, 15) is 9.59 Å². The second-order valence-corrected chi connectivity index (χ2v) is 9.28. The molecule has 0 N–H and O–H groups in total. The molecule has 1 aliphatic carbocycles. The van der Waals surface area contributed by atoms with E-state index >= 15 is 0 Å². The van der Waals surface area contributed by atoms with E-state index in [2.05, 4.69) is 42.6 Å². The summed E-state index contributed by atoms with van der Waals surface area (Å²) in [5.41, 5.74) is 3.59. The lowest BCUT2D eigenvalue weighted by molar-refractivity contribution is -0.143. The van der Waals surface area contributed by atoms with Gasteiger partial charge in [0.2, 0.25) is 11.8 Å². The molecule has 5 heteroatoms. The van der Waals surface area contributed by atoms with E-state index in [0.29, 0.717) is 6.54 Å². The molecule has 4 nitrogen and oxygen atoms in total. The van der Waals surface area contributed by atoms with Gasteiger partial charge >= 0.3 is 0 Å². The van der Waals surface area contributed by atoms with Gasteiger partial charge in [-0.25, -0.2) is 0 Å². The summed E-state index contributed by atoms with van der Waals surface area (Å²) in [6, 6.07) is 10.6. The third-order valence-electron chi connectivity index (χ3n) is 5.82. The van der Waals surface area contributed by atoms with Crippen molar-refractivity contribution in [2.45, 2.75) is 52.1 Å². The fraction of sp³-hybridized carbons (Fsp3) is 0.478. The predicted molar refractivity (Wildman–Crippen MR) is 112 cm³/mol. The van der Waals surface area contributed by atoms with Gasteiger partial charge in [-0.1, -0.05) is 29.8 Å². The summed E-state index contributed by atoms with van der Waals surface area (Å²) in [6.07, 6.45) is 2.81. The van der Waals surface area contributed by atoms with Crippen LogP contribution in [0.4, 0.5) is 0 Å². The van der Waals surface area contributed by atoms with E-state index in [1.54, 1.807) is 16.2 Å². The molecule has 1 aromatic heterocycles. The molecule has 1 aromatic carbocycles. The minimum Gasteiger partial charge on any atom is -0.331 e. The highest BCUT2D eigenvalue weighted by atomic mass is 32.1. The summed E-state index contributed by atoms with van der Waals surface area (Å²) in [6.45, 7) is 6.95. The molecule has 148 valence electrons. The van der Waals surface area contributed by atoms with Crippen LogP contribution in [-0.2, 0) is 16.0 Å². The third kappa shape index (κ3) is 3.72. The molecular weight excluding hydrogens is 368 g/mol. The SMILES string of the molecule is Cc1ccc(C2c3ccsc3CCN2C(=O)CN(C(=O)C2CC2)C(C)C)cc1. The average molecular weight is 397 g/mol. The Balaban J connectivity index is 1.61. The lowest BCUT2D eigenvalue weighted by Gasteiger charge is -2.38. The molecular formula is C23H28N2O2S. The highest BCUT2D eigenvalue weighted by Crippen LogP contribution is 2.38. The van der Waals surface area contributed by atoms with Crippen LogP contribution in [0.15, 0.2) is 35.7 Å². The van der Waals surface area contributed by atoms with Crippen molar-refractivity contribution in [3.63, 3.8) is 0 Å². The zero-order chi connectivity index (χ0) is 19.8. The van der Waals surface area contributed by atoms with Crippen molar-refractivity contribution in [1.82, 2.24) is 9.80 Å². The van der Waals surface area contributed by atoms with Crippen molar-refractivity contribution in [3.8, 4) is 0 Å². The predicted octanol–water partition coefficient (Wildman–Crippen LogP) is 4.18. The zero-order valence-corrected chi connectivity index (χ0v) is 17.7. The largest absolute Gasteiger partial charge is 0.331 e. The van der Waals surface area contributed by atoms with Crippen LogP contribution in [0, 0.1) is 12.8 Å².